The topological polar surface area (TPSA) is 69.8 Å². The van der Waals surface area contributed by atoms with E-state index in [1.807, 2.05) is 6.20 Å². The summed E-state index contributed by atoms with van der Waals surface area (Å²) >= 11 is 0. The lowest BCUT2D eigenvalue weighted by molar-refractivity contribution is -0.123. The number of carbonyl (C=O) groups is 1. The van der Waals surface area contributed by atoms with Crippen LogP contribution in [0.1, 0.15) is 36.9 Å². The van der Waals surface area contributed by atoms with Gasteiger partial charge in [0.2, 0.25) is 5.91 Å². The van der Waals surface area contributed by atoms with Crippen molar-refractivity contribution in [2.75, 3.05) is 13.1 Å². The van der Waals surface area contributed by atoms with Crippen LogP contribution in [0.3, 0.4) is 0 Å². The molecule has 3 N–H and O–H groups in total. The van der Waals surface area contributed by atoms with Crippen molar-refractivity contribution in [2.45, 2.75) is 44.6 Å². The van der Waals surface area contributed by atoms with Crippen LogP contribution < -0.4 is 10.6 Å². The molecule has 0 unspecified atom stereocenters. The Kier molecular flexibility index (Phi) is 3.82. The molecule has 1 aromatic rings. The van der Waals surface area contributed by atoms with E-state index >= 15 is 0 Å². The number of aromatic amines is 1. The summed E-state index contributed by atoms with van der Waals surface area (Å²) in [6.07, 6.45) is 7.80. The maximum absolute atomic E-state index is 12.1. The fraction of sp³-hybridized carbons (Fsp3) is 0.714. The molecule has 3 rings (SSSR count). The predicted octanol–water partition coefficient (Wildman–Crippen LogP) is 0.773. The number of aryl methyl sites for hydroxylation is 1. The Bertz CT molecular complexity index is 436. The van der Waals surface area contributed by atoms with Gasteiger partial charge in [-0.05, 0) is 50.3 Å². The first-order valence-corrected chi connectivity index (χ1v) is 7.32. The summed E-state index contributed by atoms with van der Waals surface area (Å²) < 4.78 is 0. The summed E-state index contributed by atoms with van der Waals surface area (Å²) in [6.45, 7) is 2.11. The quantitative estimate of drug-likeness (QED) is 0.753. The summed E-state index contributed by atoms with van der Waals surface area (Å²) in [7, 11) is 0. The van der Waals surface area contributed by atoms with E-state index in [1.165, 1.54) is 11.3 Å². The van der Waals surface area contributed by atoms with Crippen LogP contribution in [0.25, 0.3) is 0 Å². The summed E-state index contributed by atoms with van der Waals surface area (Å²) in [5.41, 5.74) is 2.50. The van der Waals surface area contributed by atoms with Crippen LogP contribution in [-0.2, 0) is 17.6 Å². The lowest BCUT2D eigenvalue weighted by Crippen LogP contribution is -2.40. The van der Waals surface area contributed by atoms with Gasteiger partial charge in [-0.2, -0.15) is 5.10 Å². The molecule has 1 fully saturated rings. The standard InChI is InChI=1S/C14H22N4O/c19-14(7-10-3-5-15-6-4-10)17-12-2-1-11-9-16-18-13(11)8-12/h9-10,12,15H,1-8H2,(H,16,18)(H,17,19)/t12-/m0/s1. The smallest absolute Gasteiger partial charge is 0.220 e. The minimum atomic E-state index is 0.222. The van der Waals surface area contributed by atoms with Crippen LogP contribution in [0, 0.1) is 5.92 Å². The van der Waals surface area contributed by atoms with Crippen molar-refractivity contribution in [3.05, 3.63) is 17.5 Å². The third kappa shape index (κ3) is 3.15. The Balaban J connectivity index is 1.47. The van der Waals surface area contributed by atoms with Crippen LogP contribution in [0.2, 0.25) is 0 Å². The van der Waals surface area contributed by atoms with E-state index in [4.69, 9.17) is 0 Å². The molecular formula is C14H22N4O. The molecule has 0 bridgehead atoms. The van der Waals surface area contributed by atoms with Crippen molar-refractivity contribution in [3.63, 3.8) is 0 Å². The van der Waals surface area contributed by atoms with Gasteiger partial charge in [0.05, 0.1) is 6.20 Å². The molecule has 0 aromatic carbocycles. The fourth-order valence-corrected chi connectivity index (χ4v) is 3.17. The largest absolute Gasteiger partial charge is 0.353 e. The minimum absolute atomic E-state index is 0.222. The monoisotopic (exact) mass is 262 g/mol. The molecule has 1 saturated heterocycles. The van der Waals surface area contributed by atoms with E-state index in [-0.39, 0.29) is 11.9 Å². The van der Waals surface area contributed by atoms with Gasteiger partial charge in [-0.25, -0.2) is 0 Å². The average molecular weight is 262 g/mol. The zero-order chi connectivity index (χ0) is 13.1. The number of H-pyrrole nitrogens is 1. The van der Waals surface area contributed by atoms with Crippen molar-refractivity contribution in [1.82, 2.24) is 20.8 Å². The van der Waals surface area contributed by atoms with Gasteiger partial charge in [0.15, 0.2) is 0 Å². The van der Waals surface area contributed by atoms with Gasteiger partial charge in [0, 0.05) is 24.6 Å². The Hall–Kier alpha value is -1.36. The SMILES string of the molecule is O=C(CC1CCNCC1)N[C@H]1CCc2cn[nH]c2C1. The summed E-state index contributed by atoms with van der Waals surface area (Å²) in [5.74, 6) is 0.785. The van der Waals surface area contributed by atoms with E-state index in [0.29, 0.717) is 12.3 Å². The Morgan fingerprint density at radius 1 is 1.37 bits per heavy atom. The van der Waals surface area contributed by atoms with Gasteiger partial charge >= 0.3 is 0 Å². The number of rotatable bonds is 3. The molecule has 0 radical (unpaired) electrons. The average Bonchev–Trinajstić information content (AvgIpc) is 2.87. The Morgan fingerprint density at radius 3 is 3.05 bits per heavy atom. The number of hydrogen-bond acceptors (Lipinski definition) is 3. The highest BCUT2D eigenvalue weighted by Crippen LogP contribution is 2.20. The summed E-state index contributed by atoms with van der Waals surface area (Å²) in [6, 6.07) is 0.280. The highest BCUT2D eigenvalue weighted by molar-refractivity contribution is 5.76. The van der Waals surface area contributed by atoms with Crippen molar-refractivity contribution in [3.8, 4) is 0 Å². The number of carbonyl (C=O) groups excluding carboxylic acids is 1. The van der Waals surface area contributed by atoms with Gasteiger partial charge in [0.25, 0.3) is 0 Å². The molecule has 104 valence electrons. The number of nitrogens with one attached hydrogen (secondary N) is 3. The van der Waals surface area contributed by atoms with Crippen molar-refractivity contribution in [2.24, 2.45) is 5.92 Å². The molecule has 2 aliphatic rings. The van der Waals surface area contributed by atoms with Crippen LogP contribution >= 0.6 is 0 Å². The van der Waals surface area contributed by atoms with Crippen molar-refractivity contribution in [1.29, 1.82) is 0 Å². The molecule has 2 heterocycles. The minimum Gasteiger partial charge on any atom is -0.353 e. The molecule has 1 aromatic heterocycles. The zero-order valence-corrected chi connectivity index (χ0v) is 11.2. The molecule has 1 atom stereocenters. The summed E-state index contributed by atoms with van der Waals surface area (Å²) in [4.78, 5) is 12.1. The highest BCUT2D eigenvalue weighted by Gasteiger charge is 2.23. The lowest BCUT2D eigenvalue weighted by atomic mass is 9.92. The van der Waals surface area contributed by atoms with E-state index < -0.39 is 0 Å². The summed E-state index contributed by atoms with van der Waals surface area (Å²) in [5, 5.41) is 13.6. The first-order chi connectivity index (χ1) is 9.31. The van der Waals surface area contributed by atoms with Gasteiger partial charge < -0.3 is 10.6 Å². The second-order valence-corrected chi connectivity index (χ2v) is 5.78. The second kappa shape index (κ2) is 5.74. The van der Waals surface area contributed by atoms with Gasteiger partial charge in [-0.3, -0.25) is 9.89 Å². The Labute approximate surface area is 113 Å². The molecule has 0 spiro atoms. The first kappa shape index (κ1) is 12.7. The predicted molar refractivity (Wildman–Crippen MR) is 72.8 cm³/mol. The van der Waals surface area contributed by atoms with Gasteiger partial charge in [0.1, 0.15) is 0 Å². The third-order valence-electron chi connectivity index (χ3n) is 4.32. The van der Waals surface area contributed by atoms with Crippen LogP contribution in [0.5, 0.6) is 0 Å². The Morgan fingerprint density at radius 2 is 2.21 bits per heavy atom. The maximum atomic E-state index is 12.1. The maximum Gasteiger partial charge on any atom is 0.220 e. The van der Waals surface area contributed by atoms with Gasteiger partial charge in [-0.15, -0.1) is 0 Å². The van der Waals surface area contributed by atoms with Crippen LogP contribution in [0.15, 0.2) is 6.20 Å². The molecule has 19 heavy (non-hydrogen) atoms. The number of amides is 1. The van der Waals surface area contributed by atoms with Gasteiger partial charge in [-0.1, -0.05) is 0 Å². The molecule has 0 saturated carbocycles. The molecule has 5 heteroatoms. The molecular weight excluding hydrogens is 240 g/mol. The van der Waals surface area contributed by atoms with Crippen LogP contribution in [0.4, 0.5) is 0 Å². The van der Waals surface area contributed by atoms with E-state index in [9.17, 15) is 4.79 Å². The molecule has 1 aliphatic heterocycles. The molecule has 1 aliphatic carbocycles. The lowest BCUT2D eigenvalue weighted by Gasteiger charge is -2.25. The highest BCUT2D eigenvalue weighted by atomic mass is 16.1. The van der Waals surface area contributed by atoms with Crippen molar-refractivity contribution < 1.29 is 4.79 Å². The van der Waals surface area contributed by atoms with E-state index in [2.05, 4.69) is 20.8 Å². The first-order valence-electron chi connectivity index (χ1n) is 7.32. The number of fused-ring (bicyclic) bond motifs is 1. The number of aromatic nitrogens is 2. The zero-order valence-electron chi connectivity index (χ0n) is 11.2. The molecule has 1 amide bonds. The van der Waals surface area contributed by atoms with E-state index in [0.717, 1.165) is 45.2 Å². The van der Waals surface area contributed by atoms with E-state index in [1.54, 1.807) is 0 Å². The number of hydrogen-bond donors (Lipinski definition) is 3. The molecule has 5 nitrogen and oxygen atoms in total. The number of nitrogens with zero attached hydrogens (tertiary/aromatic N) is 1. The third-order valence-corrected chi connectivity index (χ3v) is 4.32. The second-order valence-electron chi connectivity index (χ2n) is 5.78. The normalized spacial score (nSPS) is 23.9. The fourth-order valence-electron chi connectivity index (χ4n) is 3.17. The van der Waals surface area contributed by atoms with Crippen molar-refractivity contribution >= 4 is 5.91 Å². The number of piperidine rings is 1. The van der Waals surface area contributed by atoms with Crippen LogP contribution in [-0.4, -0.2) is 35.2 Å².